The molecule has 0 unspecified atom stereocenters. The molecule has 0 atom stereocenters. The fraction of sp³-hybridized carbons (Fsp3) is 0.385. The average molecular weight is 300 g/mol. The number of Topliss-reactive ketones (excluding diaryl/α,β-unsaturated/α-hetero) is 1. The Labute approximate surface area is 121 Å². The van der Waals surface area contributed by atoms with Gasteiger partial charge in [0.25, 0.3) is 0 Å². The number of methoxy groups -OCH3 is 2. The van der Waals surface area contributed by atoms with Gasteiger partial charge in [0, 0.05) is 25.3 Å². The van der Waals surface area contributed by atoms with Gasteiger partial charge >= 0.3 is 17.9 Å². The van der Waals surface area contributed by atoms with Crippen LogP contribution in [0.2, 0.25) is 0 Å². The highest BCUT2D eigenvalue weighted by molar-refractivity contribution is 5.93. The molecule has 0 bridgehead atoms. The van der Waals surface area contributed by atoms with E-state index in [2.05, 4.69) is 18.9 Å². The van der Waals surface area contributed by atoms with Gasteiger partial charge < -0.3 is 18.9 Å². The van der Waals surface area contributed by atoms with Crippen LogP contribution in [0.1, 0.15) is 0 Å². The molecule has 0 N–H and O–H groups in total. The Morgan fingerprint density at radius 1 is 0.810 bits per heavy atom. The third-order valence-electron chi connectivity index (χ3n) is 1.82. The van der Waals surface area contributed by atoms with Gasteiger partial charge in [-0.3, -0.25) is 4.79 Å². The summed E-state index contributed by atoms with van der Waals surface area (Å²) in [5.74, 6) is -2.93. The lowest BCUT2D eigenvalue weighted by atomic mass is 10.4. The van der Waals surface area contributed by atoms with E-state index < -0.39 is 36.9 Å². The Morgan fingerprint density at radius 3 is 1.86 bits per heavy atom. The largest absolute Gasteiger partial charge is 0.466 e. The van der Waals surface area contributed by atoms with E-state index in [1.54, 1.807) is 0 Å². The van der Waals surface area contributed by atoms with E-state index in [9.17, 15) is 19.2 Å². The summed E-state index contributed by atoms with van der Waals surface area (Å²) in [6.07, 6.45) is 4.21. The lowest BCUT2D eigenvalue weighted by Crippen LogP contribution is -2.19. The van der Waals surface area contributed by atoms with Gasteiger partial charge in [0.1, 0.15) is 0 Å². The minimum absolute atomic E-state index is 0.243. The molecule has 0 aromatic rings. The Hall–Kier alpha value is -2.48. The number of carbonyl (C=O) groups excluding carboxylic acids is 4. The Bertz CT molecular complexity index is 435. The molecule has 116 valence electrons. The van der Waals surface area contributed by atoms with Gasteiger partial charge in [0.15, 0.2) is 13.2 Å². The molecule has 0 saturated carbocycles. The predicted molar refractivity (Wildman–Crippen MR) is 69.1 cm³/mol. The summed E-state index contributed by atoms with van der Waals surface area (Å²) in [7, 11) is 2.61. The van der Waals surface area contributed by atoms with E-state index in [-0.39, 0.29) is 6.61 Å². The van der Waals surface area contributed by atoms with Crippen LogP contribution in [0.4, 0.5) is 0 Å². The zero-order chi connectivity index (χ0) is 16.1. The van der Waals surface area contributed by atoms with E-state index in [0.717, 1.165) is 25.3 Å². The normalized spacial score (nSPS) is 10.6. The molecule has 0 rings (SSSR count). The van der Waals surface area contributed by atoms with Crippen molar-refractivity contribution in [1.29, 1.82) is 0 Å². The molecular formula is C13H16O8. The smallest absolute Gasteiger partial charge is 0.331 e. The first-order valence-corrected chi connectivity index (χ1v) is 5.76. The van der Waals surface area contributed by atoms with Crippen molar-refractivity contribution in [3.8, 4) is 0 Å². The standard InChI is InChI=1S/C13H16O8/c1-18-7-3-4-12(16)20-8-10(14)9-21-13(17)6-5-11(15)19-2/h3-6H,7-9H2,1-2H3. The van der Waals surface area contributed by atoms with Crippen LogP contribution in [0.25, 0.3) is 0 Å². The van der Waals surface area contributed by atoms with Gasteiger partial charge in [-0.2, -0.15) is 0 Å². The summed E-state index contributed by atoms with van der Waals surface area (Å²) in [5.41, 5.74) is 0. The SMILES string of the molecule is COCC=CC(=O)OCC(=O)COC(=O)C=CC(=O)OC. The van der Waals surface area contributed by atoms with Crippen LogP contribution in [0.5, 0.6) is 0 Å². The monoisotopic (exact) mass is 300 g/mol. The molecule has 0 heterocycles. The Morgan fingerprint density at radius 2 is 1.33 bits per heavy atom. The van der Waals surface area contributed by atoms with Crippen molar-refractivity contribution in [2.75, 3.05) is 34.0 Å². The minimum atomic E-state index is -0.889. The molecule has 0 aromatic heterocycles. The number of ketones is 1. The first kappa shape index (κ1) is 18.5. The van der Waals surface area contributed by atoms with Gasteiger partial charge in [-0.1, -0.05) is 6.08 Å². The van der Waals surface area contributed by atoms with E-state index >= 15 is 0 Å². The molecule has 8 heteroatoms. The minimum Gasteiger partial charge on any atom is -0.466 e. The van der Waals surface area contributed by atoms with Crippen LogP contribution in [0.15, 0.2) is 24.3 Å². The maximum Gasteiger partial charge on any atom is 0.331 e. The van der Waals surface area contributed by atoms with Crippen molar-refractivity contribution in [3.63, 3.8) is 0 Å². The number of carbonyl (C=O) groups is 4. The van der Waals surface area contributed by atoms with Crippen molar-refractivity contribution < 1.29 is 38.1 Å². The number of rotatable bonds is 9. The van der Waals surface area contributed by atoms with Gasteiger partial charge in [-0.25, -0.2) is 14.4 Å². The predicted octanol–water partition coefficient (Wildman–Crippen LogP) is -0.426. The molecule has 0 fully saturated rings. The molecule has 0 amide bonds. The highest BCUT2D eigenvalue weighted by atomic mass is 16.6. The van der Waals surface area contributed by atoms with Crippen LogP contribution in [0.3, 0.4) is 0 Å². The third kappa shape index (κ3) is 11.1. The summed E-state index contributed by atoms with van der Waals surface area (Å²) in [6, 6.07) is 0. The lowest BCUT2D eigenvalue weighted by Gasteiger charge is -2.02. The summed E-state index contributed by atoms with van der Waals surface area (Å²) in [6.45, 7) is -0.850. The first-order chi connectivity index (χ1) is 9.99. The van der Waals surface area contributed by atoms with E-state index in [4.69, 9.17) is 0 Å². The van der Waals surface area contributed by atoms with Crippen molar-refractivity contribution in [2.24, 2.45) is 0 Å². The van der Waals surface area contributed by atoms with Crippen LogP contribution < -0.4 is 0 Å². The summed E-state index contributed by atoms with van der Waals surface area (Å²) in [5, 5.41) is 0. The number of ether oxygens (including phenoxy) is 4. The number of hydrogen-bond acceptors (Lipinski definition) is 8. The second-order valence-corrected chi connectivity index (χ2v) is 3.47. The molecular weight excluding hydrogens is 284 g/mol. The van der Waals surface area contributed by atoms with E-state index in [1.165, 1.54) is 13.2 Å². The van der Waals surface area contributed by atoms with Crippen LogP contribution >= 0.6 is 0 Å². The van der Waals surface area contributed by atoms with Gasteiger partial charge in [-0.05, 0) is 0 Å². The van der Waals surface area contributed by atoms with Crippen molar-refractivity contribution in [3.05, 3.63) is 24.3 Å². The second kappa shape index (κ2) is 11.4. The van der Waals surface area contributed by atoms with Gasteiger partial charge in [-0.15, -0.1) is 0 Å². The average Bonchev–Trinajstić information content (AvgIpc) is 2.48. The maximum absolute atomic E-state index is 11.3. The number of esters is 3. The fourth-order valence-electron chi connectivity index (χ4n) is 0.886. The summed E-state index contributed by atoms with van der Waals surface area (Å²) in [4.78, 5) is 44.1. The zero-order valence-electron chi connectivity index (χ0n) is 11.7. The zero-order valence-corrected chi connectivity index (χ0v) is 11.7. The molecule has 0 saturated heterocycles. The molecule has 0 aliphatic heterocycles. The molecule has 0 aliphatic carbocycles. The van der Waals surface area contributed by atoms with Crippen molar-refractivity contribution >= 4 is 23.7 Å². The molecule has 0 aliphatic rings. The van der Waals surface area contributed by atoms with Crippen molar-refractivity contribution in [2.45, 2.75) is 0 Å². The highest BCUT2D eigenvalue weighted by Crippen LogP contribution is 1.88. The molecule has 8 nitrogen and oxygen atoms in total. The second-order valence-electron chi connectivity index (χ2n) is 3.47. The summed E-state index contributed by atoms with van der Waals surface area (Å²) >= 11 is 0. The Balaban J connectivity index is 3.90. The van der Waals surface area contributed by atoms with Gasteiger partial charge in [0.05, 0.1) is 13.7 Å². The molecule has 0 radical (unpaired) electrons. The molecule has 0 spiro atoms. The summed E-state index contributed by atoms with van der Waals surface area (Å²) < 4.78 is 18.0. The van der Waals surface area contributed by atoms with Crippen LogP contribution in [-0.2, 0) is 38.1 Å². The van der Waals surface area contributed by atoms with Crippen molar-refractivity contribution in [1.82, 2.24) is 0 Å². The maximum atomic E-state index is 11.3. The number of hydrogen-bond donors (Lipinski definition) is 0. The van der Waals surface area contributed by atoms with E-state index in [1.807, 2.05) is 0 Å². The highest BCUT2D eigenvalue weighted by Gasteiger charge is 2.08. The Kier molecular flexibility index (Phi) is 10.0. The lowest BCUT2D eigenvalue weighted by molar-refractivity contribution is -0.148. The van der Waals surface area contributed by atoms with E-state index in [0.29, 0.717) is 0 Å². The topological polar surface area (TPSA) is 105 Å². The third-order valence-corrected chi connectivity index (χ3v) is 1.82. The first-order valence-electron chi connectivity index (χ1n) is 5.76. The van der Waals surface area contributed by atoms with Gasteiger partial charge in [0.2, 0.25) is 5.78 Å². The fourth-order valence-corrected chi connectivity index (χ4v) is 0.886. The molecule has 0 aromatic carbocycles. The quantitative estimate of drug-likeness (QED) is 0.321. The van der Waals surface area contributed by atoms with Crippen LogP contribution in [-0.4, -0.2) is 57.7 Å². The van der Waals surface area contributed by atoms with Crippen LogP contribution in [0, 0.1) is 0 Å². The molecule has 21 heavy (non-hydrogen) atoms.